The maximum atomic E-state index is 5.11. The van der Waals surface area contributed by atoms with E-state index < -0.39 is 0 Å². The fraction of sp³-hybridized carbons (Fsp3) is 0.778. The number of hydrogen-bond acceptors (Lipinski definition) is 0. The van der Waals surface area contributed by atoms with E-state index in [4.69, 9.17) is 6.42 Å². The Kier molecular flexibility index (Phi) is 3.39. The van der Waals surface area contributed by atoms with Crippen LogP contribution in [0.2, 0.25) is 0 Å². The predicted molar refractivity (Wildman–Crippen MR) is 42.1 cm³/mol. The SMILES string of the molecule is C#CCCCC(C)(C)C. The van der Waals surface area contributed by atoms with E-state index in [0.29, 0.717) is 5.41 Å². The Labute approximate surface area is 58.7 Å². The minimum atomic E-state index is 0.455. The van der Waals surface area contributed by atoms with E-state index in [-0.39, 0.29) is 0 Å². The van der Waals surface area contributed by atoms with Gasteiger partial charge < -0.3 is 0 Å². The van der Waals surface area contributed by atoms with E-state index in [1.807, 2.05) is 0 Å². The van der Waals surface area contributed by atoms with Gasteiger partial charge in [0.05, 0.1) is 0 Å². The third-order valence-corrected chi connectivity index (χ3v) is 1.25. The molecule has 0 aliphatic heterocycles. The van der Waals surface area contributed by atoms with Crippen molar-refractivity contribution in [3.8, 4) is 12.3 Å². The second kappa shape index (κ2) is 3.56. The Balaban J connectivity index is 3.20. The Morgan fingerprint density at radius 2 is 1.89 bits per heavy atom. The van der Waals surface area contributed by atoms with Crippen LogP contribution in [0.4, 0.5) is 0 Å². The van der Waals surface area contributed by atoms with Gasteiger partial charge in [-0.15, -0.1) is 12.3 Å². The van der Waals surface area contributed by atoms with E-state index in [2.05, 4.69) is 26.7 Å². The van der Waals surface area contributed by atoms with Crippen LogP contribution in [0.25, 0.3) is 0 Å². The summed E-state index contributed by atoms with van der Waals surface area (Å²) in [5, 5.41) is 0. The first-order chi connectivity index (χ1) is 4.06. The van der Waals surface area contributed by atoms with E-state index >= 15 is 0 Å². The highest BCUT2D eigenvalue weighted by Crippen LogP contribution is 2.20. The van der Waals surface area contributed by atoms with Gasteiger partial charge in [0.15, 0.2) is 0 Å². The van der Waals surface area contributed by atoms with Gasteiger partial charge in [-0.05, 0) is 18.3 Å². The molecule has 0 rings (SSSR count). The van der Waals surface area contributed by atoms with Crippen molar-refractivity contribution < 1.29 is 0 Å². The van der Waals surface area contributed by atoms with Crippen LogP contribution < -0.4 is 0 Å². The Hall–Kier alpha value is -0.440. The lowest BCUT2D eigenvalue weighted by Gasteiger charge is -2.16. The van der Waals surface area contributed by atoms with Crippen LogP contribution in [0.3, 0.4) is 0 Å². The summed E-state index contributed by atoms with van der Waals surface area (Å²) in [7, 11) is 0. The van der Waals surface area contributed by atoms with Gasteiger partial charge in [0.2, 0.25) is 0 Å². The summed E-state index contributed by atoms with van der Waals surface area (Å²) in [5.41, 5.74) is 0.455. The molecule has 9 heavy (non-hydrogen) atoms. The Morgan fingerprint density at radius 1 is 1.33 bits per heavy atom. The van der Waals surface area contributed by atoms with Crippen molar-refractivity contribution in [3.05, 3.63) is 0 Å². The predicted octanol–water partition coefficient (Wildman–Crippen LogP) is 2.84. The van der Waals surface area contributed by atoms with Crippen LogP contribution in [-0.4, -0.2) is 0 Å². The van der Waals surface area contributed by atoms with Gasteiger partial charge in [-0.1, -0.05) is 20.8 Å². The first-order valence-electron chi connectivity index (χ1n) is 3.50. The number of rotatable bonds is 2. The van der Waals surface area contributed by atoms with E-state index in [1.165, 1.54) is 12.8 Å². The second-order valence-electron chi connectivity index (χ2n) is 3.62. The number of hydrogen-bond donors (Lipinski definition) is 0. The standard InChI is InChI=1S/C9H16/c1-5-6-7-8-9(2,3)4/h1H,6-8H2,2-4H3. The molecule has 0 aliphatic carbocycles. The van der Waals surface area contributed by atoms with Crippen molar-refractivity contribution in [2.75, 3.05) is 0 Å². The molecule has 0 aromatic rings. The van der Waals surface area contributed by atoms with Gasteiger partial charge in [0, 0.05) is 6.42 Å². The molecule has 0 aromatic heterocycles. The normalized spacial score (nSPS) is 10.9. The van der Waals surface area contributed by atoms with E-state index in [1.54, 1.807) is 0 Å². The molecule has 0 heterocycles. The van der Waals surface area contributed by atoms with Crippen molar-refractivity contribution in [1.29, 1.82) is 0 Å². The average Bonchev–Trinajstić information content (AvgIpc) is 1.63. The zero-order valence-electron chi connectivity index (χ0n) is 6.70. The monoisotopic (exact) mass is 124 g/mol. The first-order valence-corrected chi connectivity index (χ1v) is 3.50. The number of unbranched alkanes of at least 4 members (excludes halogenated alkanes) is 1. The van der Waals surface area contributed by atoms with Crippen LogP contribution in [-0.2, 0) is 0 Å². The summed E-state index contributed by atoms with van der Waals surface area (Å²) in [6, 6.07) is 0. The highest BCUT2D eigenvalue weighted by Gasteiger charge is 2.07. The van der Waals surface area contributed by atoms with Gasteiger partial charge in [-0.3, -0.25) is 0 Å². The molecule has 0 saturated heterocycles. The summed E-state index contributed by atoms with van der Waals surface area (Å²) >= 11 is 0. The third kappa shape index (κ3) is 7.56. The smallest absolute Gasteiger partial charge is 0.00862 e. The van der Waals surface area contributed by atoms with Gasteiger partial charge in [0.25, 0.3) is 0 Å². The molecule has 0 spiro atoms. The Morgan fingerprint density at radius 3 is 2.22 bits per heavy atom. The van der Waals surface area contributed by atoms with Gasteiger partial charge in [-0.25, -0.2) is 0 Å². The highest BCUT2D eigenvalue weighted by atomic mass is 14.1. The number of terminal acetylenes is 1. The highest BCUT2D eigenvalue weighted by molar-refractivity contribution is 4.83. The lowest BCUT2D eigenvalue weighted by atomic mass is 9.90. The molecular weight excluding hydrogens is 108 g/mol. The summed E-state index contributed by atoms with van der Waals surface area (Å²) in [6.07, 6.45) is 8.44. The zero-order chi connectivity index (χ0) is 7.33. The van der Waals surface area contributed by atoms with Crippen molar-refractivity contribution in [3.63, 3.8) is 0 Å². The minimum absolute atomic E-state index is 0.455. The molecule has 0 saturated carbocycles. The quantitative estimate of drug-likeness (QED) is 0.392. The molecule has 0 aliphatic rings. The Bertz CT molecular complexity index is 98.2. The van der Waals surface area contributed by atoms with Crippen molar-refractivity contribution >= 4 is 0 Å². The van der Waals surface area contributed by atoms with Crippen molar-refractivity contribution in [2.24, 2.45) is 5.41 Å². The van der Waals surface area contributed by atoms with E-state index in [0.717, 1.165) is 6.42 Å². The summed E-state index contributed by atoms with van der Waals surface area (Å²) < 4.78 is 0. The largest absolute Gasteiger partial charge is 0.120 e. The molecule has 52 valence electrons. The molecule has 0 unspecified atom stereocenters. The molecule has 0 N–H and O–H groups in total. The molecule has 0 atom stereocenters. The lowest BCUT2D eigenvalue weighted by molar-refractivity contribution is 0.368. The maximum absolute atomic E-state index is 5.11. The lowest BCUT2D eigenvalue weighted by Crippen LogP contribution is -2.03. The topological polar surface area (TPSA) is 0 Å². The van der Waals surface area contributed by atoms with E-state index in [9.17, 15) is 0 Å². The zero-order valence-corrected chi connectivity index (χ0v) is 6.70. The van der Waals surface area contributed by atoms with Gasteiger partial charge in [-0.2, -0.15) is 0 Å². The fourth-order valence-electron chi connectivity index (χ4n) is 0.721. The van der Waals surface area contributed by atoms with Gasteiger partial charge in [0.1, 0.15) is 0 Å². The fourth-order valence-corrected chi connectivity index (χ4v) is 0.721. The molecule has 0 heteroatoms. The molecule has 0 fully saturated rings. The summed E-state index contributed by atoms with van der Waals surface area (Å²) in [5.74, 6) is 2.64. The summed E-state index contributed by atoms with van der Waals surface area (Å²) in [6.45, 7) is 6.72. The molecular formula is C9H16. The molecule has 0 aromatic carbocycles. The average molecular weight is 124 g/mol. The minimum Gasteiger partial charge on any atom is -0.120 e. The second-order valence-corrected chi connectivity index (χ2v) is 3.62. The van der Waals surface area contributed by atoms with Crippen molar-refractivity contribution in [2.45, 2.75) is 40.0 Å². The van der Waals surface area contributed by atoms with Crippen LogP contribution in [0.15, 0.2) is 0 Å². The summed E-state index contributed by atoms with van der Waals surface area (Å²) in [4.78, 5) is 0. The van der Waals surface area contributed by atoms with Crippen LogP contribution >= 0.6 is 0 Å². The van der Waals surface area contributed by atoms with Crippen molar-refractivity contribution in [1.82, 2.24) is 0 Å². The third-order valence-electron chi connectivity index (χ3n) is 1.25. The molecule has 0 amide bonds. The van der Waals surface area contributed by atoms with Crippen LogP contribution in [0.5, 0.6) is 0 Å². The van der Waals surface area contributed by atoms with Gasteiger partial charge >= 0.3 is 0 Å². The van der Waals surface area contributed by atoms with Crippen LogP contribution in [0, 0.1) is 17.8 Å². The maximum Gasteiger partial charge on any atom is 0.00862 e. The van der Waals surface area contributed by atoms with Crippen LogP contribution in [0.1, 0.15) is 40.0 Å². The molecule has 0 bridgehead atoms. The molecule has 0 radical (unpaired) electrons. The first kappa shape index (κ1) is 8.56. The molecule has 0 nitrogen and oxygen atoms in total.